The highest BCUT2D eigenvalue weighted by Crippen LogP contribution is 2.28. The summed E-state index contributed by atoms with van der Waals surface area (Å²) in [5.41, 5.74) is 1.10. The Hall–Kier alpha value is -1.75. The quantitative estimate of drug-likeness (QED) is 0.865. The van der Waals surface area contributed by atoms with E-state index < -0.39 is 0 Å². The van der Waals surface area contributed by atoms with Crippen molar-refractivity contribution in [3.8, 4) is 11.5 Å². The number of carbonyl (C=O) groups excluding carboxylic acids is 1. The SMILES string of the molecule is CNC[C@H]1CCCN1C(=O)COc1ccc(C)cc1OC. The highest BCUT2D eigenvalue weighted by atomic mass is 16.5. The van der Waals surface area contributed by atoms with Crippen molar-refractivity contribution in [1.29, 1.82) is 0 Å². The molecule has 5 nitrogen and oxygen atoms in total. The van der Waals surface area contributed by atoms with Crippen molar-refractivity contribution in [2.24, 2.45) is 0 Å². The van der Waals surface area contributed by atoms with Crippen molar-refractivity contribution in [2.75, 3.05) is 33.9 Å². The van der Waals surface area contributed by atoms with Gasteiger partial charge in [-0.1, -0.05) is 6.07 Å². The zero-order chi connectivity index (χ0) is 15.2. The van der Waals surface area contributed by atoms with E-state index in [0.29, 0.717) is 11.5 Å². The van der Waals surface area contributed by atoms with E-state index in [-0.39, 0.29) is 18.6 Å². The smallest absolute Gasteiger partial charge is 0.260 e. The first-order valence-electron chi connectivity index (χ1n) is 7.37. The molecule has 1 N–H and O–H groups in total. The molecule has 0 bridgehead atoms. The Morgan fingerprint density at radius 3 is 2.95 bits per heavy atom. The van der Waals surface area contributed by atoms with E-state index in [1.165, 1.54) is 0 Å². The maximum Gasteiger partial charge on any atom is 0.260 e. The molecule has 1 heterocycles. The van der Waals surface area contributed by atoms with Gasteiger partial charge in [0.05, 0.1) is 7.11 Å². The van der Waals surface area contributed by atoms with Crippen LogP contribution < -0.4 is 14.8 Å². The molecule has 2 rings (SSSR count). The molecule has 0 aliphatic carbocycles. The lowest BCUT2D eigenvalue weighted by Gasteiger charge is -2.24. The third kappa shape index (κ3) is 3.88. The third-order valence-electron chi connectivity index (χ3n) is 3.81. The van der Waals surface area contributed by atoms with Gasteiger partial charge in [-0.05, 0) is 44.5 Å². The van der Waals surface area contributed by atoms with Crippen molar-refractivity contribution in [2.45, 2.75) is 25.8 Å². The van der Waals surface area contributed by atoms with Gasteiger partial charge in [0.1, 0.15) is 0 Å². The van der Waals surface area contributed by atoms with Gasteiger partial charge in [-0.25, -0.2) is 0 Å². The number of nitrogens with one attached hydrogen (secondary N) is 1. The van der Waals surface area contributed by atoms with Crippen LogP contribution in [0.15, 0.2) is 18.2 Å². The van der Waals surface area contributed by atoms with Crippen LogP contribution in [-0.4, -0.2) is 50.7 Å². The van der Waals surface area contributed by atoms with Crippen molar-refractivity contribution < 1.29 is 14.3 Å². The second-order valence-electron chi connectivity index (χ2n) is 5.38. The van der Waals surface area contributed by atoms with E-state index >= 15 is 0 Å². The number of likely N-dealkylation sites (N-methyl/N-ethyl adjacent to an activating group) is 1. The molecule has 1 aliphatic heterocycles. The lowest BCUT2D eigenvalue weighted by atomic mass is 10.2. The summed E-state index contributed by atoms with van der Waals surface area (Å²) in [6.45, 7) is 3.70. The molecule has 21 heavy (non-hydrogen) atoms. The third-order valence-corrected chi connectivity index (χ3v) is 3.81. The molecule has 1 amide bonds. The maximum absolute atomic E-state index is 12.3. The molecular weight excluding hydrogens is 268 g/mol. The van der Waals surface area contributed by atoms with Crippen LogP contribution in [0.25, 0.3) is 0 Å². The molecule has 1 fully saturated rings. The van der Waals surface area contributed by atoms with Crippen molar-refractivity contribution in [3.63, 3.8) is 0 Å². The number of carbonyl (C=O) groups is 1. The monoisotopic (exact) mass is 292 g/mol. The van der Waals surface area contributed by atoms with Crippen molar-refractivity contribution in [1.82, 2.24) is 10.2 Å². The molecule has 1 aromatic carbocycles. The summed E-state index contributed by atoms with van der Waals surface area (Å²) < 4.78 is 10.9. The number of hydrogen-bond donors (Lipinski definition) is 1. The number of aryl methyl sites for hydroxylation is 1. The van der Waals surface area contributed by atoms with Crippen LogP contribution >= 0.6 is 0 Å². The lowest BCUT2D eigenvalue weighted by molar-refractivity contribution is -0.134. The van der Waals surface area contributed by atoms with Gasteiger partial charge in [-0.3, -0.25) is 4.79 Å². The summed E-state index contributed by atoms with van der Waals surface area (Å²) >= 11 is 0. The summed E-state index contributed by atoms with van der Waals surface area (Å²) in [6, 6.07) is 5.98. The molecule has 1 atom stereocenters. The molecule has 0 unspecified atom stereocenters. The van der Waals surface area contributed by atoms with Gasteiger partial charge in [0.2, 0.25) is 0 Å². The normalized spacial score (nSPS) is 17.9. The standard InChI is InChI=1S/C16H24N2O3/c1-12-6-7-14(15(9-12)20-3)21-11-16(19)18-8-4-5-13(18)10-17-2/h6-7,9,13,17H,4-5,8,10-11H2,1-3H3/t13-/m1/s1. The highest BCUT2D eigenvalue weighted by Gasteiger charge is 2.28. The summed E-state index contributed by atoms with van der Waals surface area (Å²) in [7, 11) is 3.52. The number of benzene rings is 1. The fourth-order valence-corrected chi connectivity index (χ4v) is 2.73. The Morgan fingerprint density at radius 2 is 2.24 bits per heavy atom. The number of methoxy groups -OCH3 is 1. The van der Waals surface area contributed by atoms with Crippen LogP contribution in [0.5, 0.6) is 11.5 Å². The van der Waals surface area contributed by atoms with Crippen LogP contribution in [0.4, 0.5) is 0 Å². The summed E-state index contributed by atoms with van der Waals surface area (Å²) in [6.07, 6.45) is 2.12. The molecule has 0 aromatic heterocycles. The van der Waals surface area contributed by atoms with Gasteiger partial charge in [0.25, 0.3) is 5.91 Å². The first-order valence-corrected chi connectivity index (χ1v) is 7.37. The number of amides is 1. The molecule has 1 saturated heterocycles. The van der Waals surface area contributed by atoms with E-state index in [2.05, 4.69) is 5.32 Å². The van der Waals surface area contributed by atoms with Gasteiger partial charge >= 0.3 is 0 Å². The average Bonchev–Trinajstić information content (AvgIpc) is 2.94. The Kier molecular flexibility index (Phi) is 5.44. The van der Waals surface area contributed by atoms with Gasteiger partial charge in [0.15, 0.2) is 18.1 Å². The van der Waals surface area contributed by atoms with Crippen LogP contribution in [0.2, 0.25) is 0 Å². The lowest BCUT2D eigenvalue weighted by Crippen LogP contribution is -2.43. The Morgan fingerprint density at radius 1 is 1.43 bits per heavy atom. The van der Waals surface area contributed by atoms with Crippen molar-refractivity contribution >= 4 is 5.91 Å². The molecule has 1 aliphatic rings. The topological polar surface area (TPSA) is 50.8 Å². The minimum atomic E-state index is 0.0374. The Balaban J connectivity index is 1.95. The van der Waals surface area contributed by atoms with E-state index in [0.717, 1.165) is 31.5 Å². The largest absolute Gasteiger partial charge is 0.493 e. The number of ether oxygens (including phenoxy) is 2. The van der Waals surface area contributed by atoms with E-state index in [1.807, 2.05) is 37.1 Å². The zero-order valence-corrected chi connectivity index (χ0v) is 13.0. The van der Waals surface area contributed by atoms with Gasteiger partial charge in [-0.2, -0.15) is 0 Å². The second kappa shape index (κ2) is 7.31. The molecule has 0 radical (unpaired) electrons. The molecule has 116 valence electrons. The highest BCUT2D eigenvalue weighted by molar-refractivity contribution is 5.78. The molecule has 1 aromatic rings. The number of hydrogen-bond acceptors (Lipinski definition) is 4. The second-order valence-corrected chi connectivity index (χ2v) is 5.38. The average molecular weight is 292 g/mol. The Labute approximate surface area is 126 Å². The van der Waals surface area contributed by atoms with Gasteiger partial charge < -0.3 is 19.7 Å². The number of likely N-dealkylation sites (tertiary alicyclic amines) is 1. The predicted molar refractivity (Wildman–Crippen MR) is 81.9 cm³/mol. The van der Waals surface area contributed by atoms with Crippen molar-refractivity contribution in [3.05, 3.63) is 23.8 Å². The van der Waals surface area contributed by atoms with Gasteiger partial charge in [-0.15, -0.1) is 0 Å². The Bertz CT molecular complexity index is 490. The fraction of sp³-hybridized carbons (Fsp3) is 0.562. The summed E-state index contributed by atoms with van der Waals surface area (Å²) in [5, 5.41) is 3.14. The van der Waals surface area contributed by atoms with Crippen LogP contribution in [0, 0.1) is 6.92 Å². The summed E-state index contributed by atoms with van der Waals surface area (Å²) in [5.74, 6) is 1.31. The maximum atomic E-state index is 12.3. The number of nitrogens with zero attached hydrogens (tertiary/aromatic N) is 1. The first kappa shape index (κ1) is 15.6. The van der Waals surface area contributed by atoms with E-state index in [4.69, 9.17) is 9.47 Å². The number of rotatable bonds is 6. The first-order chi connectivity index (χ1) is 10.2. The van der Waals surface area contributed by atoms with Crippen LogP contribution in [-0.2, 0) is 4.79 Å². The molecular formula is C16H24N2O3. The summed E-state index contributed by atoms with van der Waals surface area (Å²) in [4.78, 5) is 14.2. The minimum absolute atomic E-state index is 0.0374. The van der Waals surface area contributed by atoms with Crippen LogP contribution in [0.3, 0.4) is 0 Å². The predicted octanol–water partition coefficient (Wildman–Crippen LogP) is 1.59. The zero-order valence-electron chi connectivity index (χ0n) is 13.0. The van der Waals surface area contributed by atoms with Crippen LogP contribution in [0.1, 0.15) is 18.4 Å². The molecule has 0 spiro atoms. The van der Waals surface area contributed by atoms with E-state index in [9.17, 15) is 4.79 Å². The van der Waals surface area contributed by atoms with E-state index in [1.54, 1.807) is 7.11 Å². The fourth-order valence-electron chi connectivity index (χ4n) is 2.73. The molecule has 5 heteroatoms. The molecule has 0 saturated carbocycles. The van der Waals surface area contributed by atoms with Gasteiger partial charge in [0, 0.05) is 19.1 Å². The minimum Gasteiger partial charge on any atom is -0.493 e.